The Bertz CT molecular complexity index is 472. The molecule has 0 aliphatic rings. The number of benzene rings is 1. The van der Waals surface area contributed by atoms with Crippen molar-refractivity contribution in [1.82, 2.24) is 10.6 Å². The first-order chi connectivity index (χ1) is 12.1. The quantitative estimate of drug-likeness (QED) is 0.186. The van der Waals surface area contributed by atoms with E-state index in [1.807, 2.05) is 37.3 Å². The van der Waals surface area contributed by atoms with Crippen LogP contribution in [-0.2, 0) is 16.1 Å². The van der Waals surface area contributed by atoms with Crippen molar-refractivity contribution >= 4 is 29.9 Å². The summed E-state index contributed by atoms with van der Waals surface area (Å²) in [6, 6.07) is 10.1. The average molecular weight is 479 g/mol. The Kier molecular flexibility index (Phi) is 15.7. The molecule has 150 valence electrons. The maximum atomic E-state index is 9.90. The molecule has 3 N–H and O–H groups in total. The van der Waals surface area contributed by atoms with E-state index in [0.29, 0.717) is 51.4 Å². The zero-order valence-electron chi connectivity index (χ0n) is 16.1. The van der Waals surface area contributed by atoms with Crippen LogP contribution in [0, 0.1) is 5.92 Å². The summed E-state index contributed by atoms with van der Waals surface area (Å²) >= 11 is 0. The topological polar surface area (TPSA) is 75.1 Å². The highest BCUT2D eigenvalue weighted by Gasteiger charge is 2.05. The molecule has 0 aromatic heterocycles. The van der Waals surface area contributed by atoms with Gasteiger partial charge in [-0.15, -0.1) is 24.0 Å². The van der Waals surface area contributed by atoms with Gasteiger partial charge < -0.3 is 25.2 Å². The molecule has 0 aliphatic carbocycles. The van der Waals surface area contributed by atoms with Gasteiger partial charge in [0.05, 0.1) is 32.5 Å². The minimum Gasteiger partial charge on any atom is -0.389 e. The van der Waals surface area contributed by atoms with Crippen molar-refractivity contribution in [2.24, 2.45) is 10.9 Å². The van der Waals surface area contributed by atoms with Gasteiger partial charge in [-0.2, -0.15) is 0 Å². The number of rotatable bonds is 12. The Hall–Kier alpha value is -0.900. The number of nitrogens with one attached hydrogen (secondary N) is 2. The van der Waals surface area contributed by atoms with Crippen molar-refractivity contribution in [1.29, 1.82) is 0 Å². The number of aliphatic hydroxyl groups excluding tert-OH is 1. The van der Waals surface area contributed by atoms with Gasteiger partial charge in [0, 0.05) is 19.7 Å². The SMILES string of the molecule is CCNC(=NCC(O)COCC(C)C)NCCOCc1ccccc1.I. The first-order valence-electron chi connectivity index (χ1n) is 9.01. The number of aliphatic hydroxyl groups is 1. The summed E-state index contributed by atoms with van der Waals surface area (Å²) in [5.41, 5.74) is 1.16. The van der Waals surface area contributed by atoms with Crippen molar-refractivity contribution in [2.45, 2.75) is 33.5 Å². The fraction of sp³-hybridized carbons (Fsp3) is 0.632. The van der Waals surface area contributed by atoms with Gasteiger partial charge >= 0.3 is 0 Å². The van der Waals surface area contributed by atoms with Gasteiger partial charge in [0.1, 0.15) is 0 Å². The van der Waals surface area contributed by atoms with Crippen LogP contribution in [0.25, 0.3) is 0 Å². The summed E-state index contributed by atoms with van der Waals surface area (Å²) in [6.45, 7) is 10.0. The third kappa shape index (κ3) is 13.3. The van der Waals surface area contributed by atoms with E-state index in [0.717, 1.165) is 12.1 Å². The lowest BCUT2D eigenvalue weighted by Crippen LogP contribution is -2.39. The number of aliphatic imine (C=N–C) groups is 1. The minimum atomic E-state index is -0.594. The Morgan fingerprint density at radius 3 is 2.50 bits per heavy atom. The summed E-state index contributed by atoms with van der Waals surface area (Å²) in [4.78, 5) is 4.38. The summed E-state index contributed by atoms with van der Waals surface area (Å²) in [7, 11) is 0. The standard InChI is InChI=1S/C19H33N3O3.HI/c1-4-20-19(22-12-18(23)15-25-13-16(2)3)21-10-11-24-14-17-8-6-5-7-9-17;/h5-9,16,18,23H,4,10-15H2,1-3H3,(H2,20,21,22);1H. The normalized spacial score (nSPS) is 12.6. The maximum Gasteiger partial charge on any atom is 0.191 e. The molecule has 0 aliphatic heterocycles. The van der Waals surface area contributed by atoms with E-state index in [1.165, 1.54) is 0 Å². The third-order valence-electron chi connectivity index (χ3n) is 3.22. The van der Waals surface area contributed by atoms with Crippen LogP contribution in [0.1, 0.15) is 26.3 Å². The summed E-state index contributed by atoms with van der Waals surface area (Å²) in [6.07, 6.45) is -0.594. The molecule has 6 nitrogen and oxygen atoms in total. The molecule has 0 amide bonds. The highest BCUT2D eigenvalue weighted by atomic mass is 127. The number of hydrogen-bond acceptors (Lipinski definition) is 4. The molecule has 0 spiro atoms. The molecule has 0 saturated carbocycles. The molecule has 1 unspecified atom stereocenters. The highest BCUT2D eigenvalue weighted by Crippen LogP contribution is 1.99. The summed E-state index contributed by atoms with van der Waals surface area (Å²) in [5.74, 6) is 1.14. The smallest absolute Gasteiger partial charge is 0.191 e. The van der Waals surface area contributed by atoms with E-state index in [1.54, 1.807) is 0 Å². The molecule has 26 heavy (non-hydrogen) atoms. The van der Waals surface area contributed by atoms with Crippen molar-refractivity contribution in [3.63, 3.8) is 0 Å². The summed E-state index contributed by atoms with van der Waals surface area (Å²) < 4.78 is 11.1. The monoisotopic (exact) mass is 479 g/mol. The molecule has 0 bridgehead atoms. The largest absolute Gasteiger partial charge is 0.389 e. The number of hydrogen-bond donors (Lipinski definition) is 3. The molecule has 0 fully saturated rings. The van der Waals surface area contributed by atoms with E-state index >= 15 is 0 Å². The second-order valence-electron chi connectivity index (χ2n) is 6.27. The van der Waals surface area contributed by atoms with Gasteiger partial charge in [-0.1, -0.05) is 44.2 Å². The van der Waals surface area contributed by atoms with Crippen LogP contribution in [-0.4, -0.2) is 56.6 Å². The maximum absolute atomic E-state index is 9.90. The number of halogens is 1. The zero-order chi connectivity index (χ0) is 18.3. The van der Waals surface area contributed by atoms with Gasteiger partial charge in [-0.3, -0.25) is 4.99 Å². The van der Waals surface area contributed by atoms with Crippen LogP contribution in [0.4, 0.5) is 0 Å². The first kappa shape index (κ1) is 25.1. The van der Waals surface area contributed by atoms with Crippen LogP contribution in [0.5, 0.6) is 0 Å². The molecule has 1 aromatic rings. The Morgan fingerprint density at radius 1 is 1.12 bits per heavy atom. The van der Waals surface area contributed by atoms with E-state index in [4.69, 9.17) is 9.47 Å². The van der Waals surface area contributed by atoms with Crippen LogP contribution in [0.2, 0.25) is 0 Å². The van der Waals surface area contributed by atoms with Crippen LogP contribution in [0.15, 0.2) is 35.3 Å². The molecule has 1 aromatic carbocycles. The number of nitrogens with zero attached hydrogens (tertiary/aromatic N) is 1. The predicted molar refractivity (Wildman–Crippen MR) is 117 cm³/mol. The molecular formula is C19H34IN3O3. The fourth-order valence-corrected chi connectivity index (χ4v) is 2.04. The zero-order valence-corrected chi connectivity index (χ0v) is 18.4. The van der Waals surface area contributed by atoms with Crippen molar-refractivity contribution in [3.05, 3.63) is 35.9 Å². The lowest BCUT2D eigenvalue weighted by atomic mass is 10.2. The lowest BCUT2D eigenvalue weighted by Gasteiger charge is -2.14. The van der Waals surface area contributed by atoms with Gasteiger partial charge in [0.25, 0.3) is 0 Å². The van der Waals surface area contributed by atoms with Crippen LogP contribution < -0.4 is 10.6 Å². The van der Waals surface area contributed by atoms with Gasteiger partial charge in [0.15, 0.2) is 5.96 Å². The van der Waals surface area contributed by atoms with E-state index < -0.39 is 6.10 Å². The lowest BCUT2D eigenvalue weighted by molar-refractivity contribution is 0.0301. The molecule has 0 heterocycles. The number of guanidine groups is 1. The second kappa shape index (κ2) is 16.3. The predicted octanol–water partition coefficient (Wildman–Crippen LogP) is 2.41. The van der Waals surface area contributed by atoms with E-state index in [9.17, 15) is 5.11 Å². The molecule has 7 heteroatoms. The summed E-state index contributed by atoms with van der Waals surface area (Å²) in [5, 5.41) is 16.3. The van der Waals surface area contributed by atoms with E-state index in [2.05, 4.69) is 29.5 Å². The van der Waals surface area contributed by atoms with Crippen molar-refractivity contribution < 1.29 is 14.6 Å². The Balaban J connectivity index is 0.00000625. The molecule has 1 atom stereocenters. The average Bonchev–Trinajstić information content (AvgIpc) is 2.60. The molecular weight excluding hydrogens is 445 g/mol. The minimum absolute atomic E-state index is 0. The van der Waals surface area contributed by atoms with Crippen molar-refractivity contribution in [3.8, 4) is 0 Å². The third-order valence-corrected chi connectivity index (χ3v) is 3.22. The van der Waals surface area contributed by atoms with Gasteiger partial charge in [-0.25, -0.2) is 0 Å². The molecule has 0 saturated heterocycles. The first-order valence-corrected chi connectivity index (χ1v) is 9.01. The van der Waals surface area contributed by atoms with E-state index in [-0.39, 0.29) is 24.0 Å². The van der Waals surface area contributed by atoms with Crippen molar-refractivity contribution in [2.75, 3.05) is 39.5 Å². The molecule has 0 radical (unpaired) electrons. The molecule has 1 rings (SSSR count). The Labute approximate surface area is 174 Å². The van der Waals surface area contributed by atoms with Gasteiger partial charge in [0.2, 0.25) is 0 Å². The number of ether oxygens (including phenoxy) is 2. The second-order valence-corrected chi connectivity index (χ2v) is 6.27. The fourth-order valence-electron chi connectivity index (χ4n) is 2.04. The Morgan fingerprint density at radius 2 is 1.85 bits per heavy atom. The highest BCUT2D eigenvalue weighted by molar-refractivity contribution is 14.0. The van der Waals surface area contributed by atoms with Crippen LogP contribution in [0.3, 0.4) is 0 Å². The van der Waals surface area contributed by atoms with Crippen LogP contribution >= 0.6 is 24.0 Å². The van der Waals surface area contributed by atoms with Gasteiger partial charge in [-0.05, 0) is 18.4 Å².